The Kier molecular flexibility index (Phi) is 4.54. The van der Waals surface area contributed by atoms with Crippen LogP contribution in [-0.2, 0) is 0 Å². The highest BCUT2D eigenvalue weighted by Gasteiger charge is 2.16. The molecule has 0 aromatic carbocycles. The molecule has 0 N–H and O–H groups in total. The lowest BCUT2D eigenvalue weighted by molar-refractivity contribution is 0.0756. The molecule has 1 rings (SSSR count). The fraction of sp³-hybridized carbons (Fsp3) is 0.400. The van der Waals surface area contributed by atoms with Crippen molar-refractivity contribution in [3.8, 4) is 0 Å². The number of nitrogens with zero attached hydrogens (tertiary/aromatic N) is 2. The van der Waals surface area contributed by atoms with Crippen molar-refractivity contribution in [3.05, 3.63) is 28.5 Å². The summed E-state index contributed by atoms with van der Waals surface area (Å²) >= 11 is 8.97. The van der Waals surface area contributed by atoms with E-state index in [2.05, 4.69) is 20.9 Å². The molecular formula is C10H12BrClN2O. The maximum Gasteiger partial charge on any atom is 0.255 e. The zero-order valence-electron chi connectivity index (χ0n) is 8.58. The van der Waals surface area contributed by atoms with Gasteiger partial charge in [-0.3, -0.25) is 9.78 Å². The Morgan fingerprint density at radius 1 is 1.67 bits per heavy atom. The summed E-state index contributed by atoms with van der Waals surface area (Å²) in [6, 6.07) is 1.76. The second-order valence-corrected chi connectivity index (χ2v) is 4.54. The van der Waals surface area contributed by atoms with Crippen LogP contribution in [0, 0.1) is 0 Å². The number of pyridine rings is 1. The van der Waals surface area contributed by atoms with Crippen LogP contribution < -0.4 is 0 Å². The summed E-state index contributed by atoms with van der Waals surface area (Å²) in [7, 11) is 1.73. The van der Waals surface area contributed by atoms with E-state index in [1.54, 1.807) is 30.4 Å². The normalized spacial score (nSPS) is 12.3. The third-order valence-corrected chi connectivity index (χ3v) is 3.04. The van der Waals surface area contributed by atoms with Crippen LogP contribution in [0.3, 0.4) is 0 Å². The molecule has 3 nitrogen and oxygen atoms in total. The van der Waals surface area contributed by atoms with Crippen LogP contribution in [-0.4, -0.2) is 34.8 Å². The van der Waals surface area contributed by atoms with Crippen molar-refractivity contribution >= 4 is 33.4 Å². The van der Waals surface area contributed by atoms with Crippen LogP contribution in [0.15, 0.2) is 22.9 Å². The van der Waals surface area contributed by atoms with Gasteiger partial charge in [0.1, 0.15) is 0 Å². The summed E-state index contributed by atoms with van der Waals surface area (Å²) < 4.78 is 0.792. The van der Waals surface area contributed by atoms with Gasteiger partial charge < -0.3 is 4.90 Å². The summed E-state index contributed by atoms with van der Waals surface area (Å²) in [4.78, 5) is 17.5. The molecule has 0 aliphatic rings. The van der Waals surface area contributed by atoms with Crippen LogP contribution in [0.4, 0.5) is 0 Å². The van der Waals surface area contributed by atoms with E-state index in [9.17, 15) is 4.79 Å². The molecular weight excluding hydrogens is 279 g/mol. The highest BCUT2D eigenvalue weighted by atomic mass is 79.9. The zero-order chi connectivity index (χ0) is 11.4. The molecule has 82 valence electrons. The molecule has 1 atom stereocenters. The minimum absolute atomic E-state index is 0.0122. The topological polar surface area (TPSA) is 33.2 Å². The number of aromatic nitrogens is 1. The second-order valence-electron chi connectivity index (χ2n) is 3.31. The lowest BCUT2D eigenvalue weighted by Gasteiger charge is -2.22. The summed E-state index contributed by atoms with van der Waals surface area (Å²) in [5, 5.41) is 0. The van der Waals surface area contributed by atoms with Crippen molar-refractivity contribution in [2.45, 2.75) is 13.0 Å². The average molecular weight is 292 g/mol. The summed E-state index contributed by atoms with van der Waals surface area (Å²) in [5.41, 5.74) is 0.559. The number of carbonyl (C=O) groups excluding carboxylic acids is 1. The molecule has 0 spiro atoms. The highest BCUT2D eigenvalue weighted by molar-refractivity contribution is 9.10. The van der Waals surface area contributed by atoms with Gasteiger partial charge in [-0.2, -0.15) is 0 Å². The van der Waals surface area contributed by atoms with Gasteiger partial charge in [0.25, 0.3) is 5.91 Å². The maximum atomic E-state index is 11.9. The molecule has 1 unspecified atom stereocenters. The van der Waals surface area contributed by atoms with Gasteiger partial charge in [0, 0.05) is 35.8 Å². The number of rotatable bonds is 3. The van der Waals surface area contributed by atoms with Crippen molar-refractivity contribution in [1.82, 2.24) is 9.88 Å². The second kappa shape index (κ2) is 5.47. The molecule has 0 fully saturated rings. The Hall–Kier alpha value is -0.610. The molecule has 0 bridgehead atoms. The first-order valence-electron chi connectivity index (χ1n) is 4.50. The SMILES string of the molecule is CC(CCl)N(C)C(=O)c1cncc(Br)c1. The van der Waals surface area contributed by atoms with Gasteiger partial charge in [0.15, 0.2) is 0 Å². The third-order valence-electron chi connectivity index (χ3n) is 2.16. The minimum Gasteiger partial charge on any atom is -0.338 e. The van der Waals surface area contributed by atoms with Crippen LogP contribution in [0.5, 0.6) is 0 Å². The van der Waals surface area contributed by atoms with Crippen molar-refractivity contribution < 1.29 is 4.79 Å². The maximum absolute atomic E-state index is 11.9. The largest absolute Gasteiger partial charge is 0.338 e. The number of carbonyl (C=O) groups is 1. The Morgan fingerprint density at radius 3 is 2.87 bits per heavy atom. The van der Waals surface area contributed by atoms with Crippen molar-refractivity contribution in [3.63, 3.8) is 0 Å². The molecule has 5 heteroatoms. The molecule has 0 aliphatic heterocycles. The lowest BCUT2D eigenvalue weighted by atomic mass is 10.2. The quantitative estimate of drug-likeness (QED) is 0.802. The molecule has 0 radical (unpaired) electrons. The van der Waals surface area contributed by atoms with Gasteiger partial charge >= 0.3 is 0 Å². The fourth-order valence-corrected chi connectivity index (χ4v) is 1.61. The van der Waals surface area contributed by atoms with Crippen LogP contribution >= 0.6 is 27.5 Å². The molecule has 15 heavy (non-hydrogen) atoms. The van der Waals surface area contributed by atoms with Gasteiger partial charge in [-0.05, 0) is 28.9 Å². The van der Waals surface area contributed by atoms with E-state index in [0.29, 0.717) is 11.4 Å². The van der Waals surface area contributed by atoms with Crippen LogP contribution in [0.1, 0.15) is 17.3 Å². The summed E-state index contributed by atoms with van der Waals surface area (Å²) in [5.74, 6) is 0.348. The first-order chi connectivity index (χ1) is 7.06. The smallest absolute Gasteiger partial charge is 0.255 e. The van der Waals surface area contributed by atoms with E-state index >= 15 is 0 Å². The van der Waals surface area contributed by atoms with E-state index in [4.69, 9.17) is 11.6 Å². The Bertz CT molecular complexity index is 359. The predicted octanol–water partition coefficient (Wildman–Crippen LogP) is 2.54. The van der Waals surface area contributed by atoms with Crippen LogP contribution in [0.2, 0.25) is 0 Å². The van der Waals surface area contributed by atoms with Gasteiger partial charge in [-0.15, -0.1) is 11.6 Å². The summed E-state index contributed by atoms with van der Waals surface area (Å²) in [6.07, 6.45) is 3.19. The standard InChI is InChI=1S/C10H12BrClN2O/c1-7(4-12)14(2)10(15)8-3-9(11)6-13-5-8/h3,5-7H,4H2,1-2H3. The molecule has 0 aliphatic carbocycles. The number of halogens is 2. The predicted molar refractivity (Wildman–Crippen MR) is 64.2 cm³/mol. The number of hydrogen-bond donors (Lipinski definition) is 0. The summed E-state index contributed by atoms with van der Waals surface area (Å²) in [6.45, 7) is 1.90. The molecule has 0 saturated carbocycles. The molecule has 1 aromatic rings. The minimum atomic E-state index is -0.0723. The Morgan fingerprint density at radius 2 is 2.33 bits per heavy atom. The molecule has 1 heterocycles. The third kappa shape index (κ3) is 3.18. The number of amides is 1. The molecule has 1 aromatic heterocycles. The number of alkyl halides is 1. The monoisotopic (exact) mass is 290 g/mol. The van der Waals surface area contributed by atoms with E-state index in [0.717, 1.165) is 4.47 Å². The van der Waals surface area contributed by atoms with E-state index in [1.807, 2.05) is 6.92 Å². The molecule has 1 amide bonds. The van der Waals surface area contributed by atoms with E-state index in [-0.39, 0.29) is 11.9 Å². The first kappa shape index (κ1) is 12.5. The van der Waals surface area contributed by atoms with Gasteiger partial charge in [0.2, 0.25) is 0 Å². The van der Waals surface area contributed by atoms with Gasteiger partial charge in [-0.1, -0.05) is 0 Å². The average Bonchev–Trinajstić information content (AvgIpc) is 2.26. The molecule has 0 saturated heterocycles. The highest BCUT2D eigenvalue weighted by Crippen LogP contribution is 2.12. The fourth-order valence-electron chi connectivity index (χ4n) is 1.04. The van der Waals surface area contributed by atoms with E-state index < -0.39 is 0 Å². The van der Waals surface area contributed by atoms with Gasteiger partial charge in [-0.25, -0.2) is 0 Å². The van der Waals surface area contributed by atoms with E-state index in [1.165, 1.54) is 0 Å². The Balaban J connectivity index is 2.85. The number of hydrogen-bond acceptors (Lipinski definition) is 2. The lowest BCUT2D eigenvalue weighted by Crippen LogP contribution is -2.36. The van der Waals surface area contributed by atoms with Crippen molar-refractivity contribution in [1.29, 1.82) is 0 Å². The van der Waals surface area contributed by atoms with Crippen LogP contribution in [0.25, 0.3) is 0 Å². The first-order valence-corrected chi connectivity index (χ1v) is 5.82. The van der Waals surface area contributed by atoms with Gasteiger partial charge in [0.05, 0.1) is 5.56 Å². The van der Waals surface area contributed by atoms with Crippen molar-refractivity contribution in [2.24, 2.45) is 0 Å². The Labute approximate surface area is 103 Å². The van der Waals surface area contributed by atoms with Crippen molar-refractivity contribution in [2.75, 3.05) is 12.9 Å². The zero-order valence-corrected chi connectivity index (χ0v) is 10.9.